The van der Waals surface area contributed by atoms with Crippen molar-refractivity contribution in [2.45, 2.75) is 31.2 Å². The van der Waals surface area contributed by atoms with Crippen molar-refractivity contribution in [1.29, 1.82) is 0 Å². The molecule has 0 radical (unpaired) electrons. The fraction of sp³-hybridized carbons (Fsp3) is 0.375. The summed E-state index contributed by atoms with van der Waals surface area (Å²) < 4.78 is 1.18. The number of thioether (sulfide) groups is 1. The maximum Gasteiger partial charge on any atom is 0.0512 e. The Labute approximate surface area is 138 Å². The van der Waals surface area contributed by atoms with Gasteiger partial charge < -0.3 is 5.32 Å². The quantitative estimate of drug-likeness (QED) is 0.632. The molecule has 1 unspecified atom stereocenters. The summed E-state index contributed by atoms with van der Waals surface area (Å²) in [7, 11) is 0. The van der Waals surface area contributed by atoms with Gasteiger partial charge in [0.25, 0.3) is 0 Å². The monoisotopic (exact) mass is 369 g/mol. The lowest BCUT2D eigenvalue weighted by Crippen LogP contribution is -2.23. The highest BCUT2D eigenvalue weighted by molar-refractivity contribution is 9.10. The van der Waals surface area contributed by atoms with Gasteiger partial charge in [0.05, 0.1) is 6.04 Å². The number of rotatable bonds is 7. The first-order valence-electron chi connectivity index (χ1n) is 6.87. The van der Waals surface area contributed by atoms with Gasteiger partial charge in [-0.15, -0.1) is 23.1 Å². The molecule has 20 heavy (non-hydrogen) atoms. The maximum atomic E-state index is 3.68. The molecule has 1 heterocycles. The van der Waals surface area contributed by atoms with Crippen LogP contribution in [0.2, 0.25) is 0 Å². The van der Waals surface area contributed by atoms with Gasteiger partial charge in [0.1, 0.15) is 0 Å². The van der Waals surface area contributed by atoms with Crippen LogP contribution in [0.5, 0.6) is 0 Å². The van der Waals surface area contributed by atoms with Gasteiger partial charge in [0.2, 0.25) is 0 Å². The third kappa shape index (κ3) is 4.35. The molecule has 0 fully saturated rings. The molecule has 0 amide bonds. The van der Waals surface area contributed by atoms with Gasteiger partial charge in [-0.3, -0.25) is 0 Å². The molecule has 108 valence electrons. The summed E-state index contributed by atoms with van der Waals surface area (Å²) >= 11 is 7.39. The molecule has 0 bridgehead atoms. The predicted octanol–water partition coefficient (Wildman–Crippen LogP) is 5.65. The van der Waals surface area contributed by atoms with Crippen LogP contribution in [0.4, 0.5) is 0 Å². The molecule has 0 aliphatic rings. The fourth-order valence-electron chi connectivity index (χ4n) is 2.02. The molecule has 0 aliphatic carbocycles. The van der Waals surface area contributed by atoms with E-state index in [0.29, 0.717) is 6.04 Å². The van der Waals surface area contributed by atoms with Crippen LogP contribution < -0.4 is 5.32 Å². The third-order valence-corrected chi connectivity index (χ3v) is 6.35. The molecule has 1 aromatic carbocycles. The highest BCUT2D eigenvalue weighted by Gasteiger charge is 2.15. The molecule has 4 heteroatoms. The first-order valence-corrected chi connectivity index (χ1v) is 9.53. The Balaban J connectivity index is 2.05. The molecule has 1 atom stereocenters. The Bertz CT molecular complexity index is 539. The van der Waals surface area contributed by atoms with E-state index in [0.717, 1.165) is 12.3 Å². The smallest absolute Gasteiger partial charge is 0.0512 e. The number of aryl methyl sites for hydroxylation is 1. The third-order valence-electron chi connectivity index (χ3n) is 3.10. The Morgan fingerprint density at radius 2 is 2.10 bits per heavy atom. The zero-order valence-electron chi connectivity index (χ0n) is 11.9. The first-order chi connectivity index (χ1) is 9.72. The minimum Gasteiger partial charge on any atom is -0.309 e. The standard InChI is InChI=1S/C16H20BrNS2/c1-3-9-18-14(16-12(2)8-10-19-16)11-20-15-7-5-4-6-13(15)17/h4-8,10,14,18H,3,9,11H2,1-2H3. The average molecular weight is 370 g/mol. The molecule has 0 saturated carbocycles. The Morgan fingerprint density at radius 3 is 2.75 bits per heavy atom. The second kappa shape index (κ2) is 8.23. The van der Waals surface area contributed by atoms with Crippen LogP contribution in [-0.2, 0) is 0 Å². The normalized spacial score (nSPS) is 12.6. The molecule has 1 aromatic heterocycles. The molecule has 1 N–H and O–H groups in total. The van der Waals surface area contributed by atoms with Gasteiger partial charge in [0, 0.05) is 20.0 Å². The van der Waals surface area contributed by atoms with Crippen molar-refractivity contribution >= 4 is 39.0 Å². The number of hydrogen-bond acceptors (Lipinski definition) is 3. The van der Waals surface area contributed by atoms with Crippen molar-refractivity contribution in [3.05, 3.63) is 50.6 Å². The van der Waals surface area contributed by atoms with E-state index in [-0.39, 0.29) is 0 Å². The van der Waals surface area contributed by atoms with Gasteiger partial charge in [-0.25, -0.2) is 0 Å². The van der Waals surface area contributed by atoms with Crippen LogP contribution in [0.3, 0.4) is 0 Å². The SMILES string of the molecule is CCCNC(CSc1ccccc1Br)c1sccc1C. The topological polar surface area (TPSA) is 12.0 Å². The van der Waals surface area contributed by atoms with E-state index in [4.69, 9.17) is 0 Å². The lowest BCUT2D eigenvalue weighted by molar-refractivity contribution is 0.583. The van der Waals surface area contributed by atoms with Gasteiger partial charge >= 0.3 is 0 Å². The van der Waals surface area contributed by atoms with E-state index in [1.165, 1.54) is 26.2 Å². The predicted molar refractivity (Wildman–Crippen MR) is 95.0 cm³/mol. The zero-order valence-corrected chi connectivity index (χ0v) is 15.1. The highest BCUT2D eigenvalue weighted by Crippen LogP contribution is 2.32. The van der Waals surface area contributed by atoms with E-state index >= 15 is 0 Å². The van der Waals surface area contributed by atoms with E-state index in [1.807, 2.05) is 23.1 Å². The summed E-state index contributed by atoms with van der Waals surface area (Å²) in [6.07, 6.45) is 1.17. The minimum atomic E-state index is 0.437. The van der Waals surface area contributed by atoms with Crippen LogP contribution in [0.15, 0.2) is 45.1 Å². The molecular formula is C16H20BrNS2. The van der Waals surface area contributed by atoms with Crippen LogP contribution in [0, 0.1) is 6.92 Å². The molecule has 2 rings (SSSR count). The van der Waals surface area contributed by atoms with Crippen molar-refractivity contribution in [1.82, 2.24) is 5.32 Å². The fourth-order valence-corrected chi connectivity index (χ4v) is 4.77. The molecule has 1 nitrogen and oxygen atoms in total. The van der Waals surface area contributed by atoms with Crippen molar-refractivity contribution in [2.24, 2.45) is 0 Å². The van der Waals surface area contributed by atoms with Gasteiger partial charge in [-0.1, -0.05) is 19.1 Å². The molecular weight excluding hydrogens is 350 g/mol. The summed E-state index contributed by atoms with van der Waals surface area (Å²) in [5.41, 5.74) is 1.40. The van der Waals surface area contributed by atoms with Gasteiger partial charge in [-0.05, 0) is 65.0 Å². The summed E-state index contributed by atoms with van der Waals surface area (Å²) in [6.45, 7) is 5.49. The minimum absolute atomic E-state index is 0.437. The summed E-state index contributed by atoms with van der Waals surface area (Å²) in [4.78, 5) is 2.78. The number of nitrogens with one attached hydrogen (secondary N) is 1. The lowest BCUT2D eigenvalue weighted by Gasteiger charge is -2.18. The van der Waals surface area contributed by atoms with Gasteiger partial charge in [-0.2, -0.15) is 0 Å². The van der Waals surface area contributed by atoms with Crippen LogP contribution in [0.25, 0.3) is 0 Å². The molecule has 0 saturated heterocycles. The van der Waals surface area contributed by atoms with Crippen LogP contribution >= 0.6 is 39.0 Å². The molecule has 2 aromatic rings. The van der Waals surface area contributed by atoms with Crippen molar-refractivity contribution < 1.29 is 0 Å². The molecule has 0 aliphatic heterocycles. The number of thiophene rings is 1. The van der Waals surface area contributed by atoms with Crippen LogP contribution in [0.1, 0.15) is 29.8 Å². The highest BCUT2D eigenvalue weighted by atomic mass is 79.9. The molecule has 0 spiro atoms. The Morgan fingerprint density at radius 1 is 1.30 bits per heavy atom. The summed E-state index contributed by atoms with van der Waals surface area (Å²) in [6, 6.07) is 11.1. The second-order valence-corrected chi connectivity index (χ2v) is 7.58. The van der Waals surface area contributed by atoms with Gasteiger partial charge in [0.15, 0.2) is 0 Å². The largest absolute Gasteiger partial charge is 0.309 e. The van der Waals surface area contributed by atoms with E-state index in [9.17, 15) is 0 Å². The second-order valence-electron chi connectivity index (χ2n) is 4.72. The van der Waals surface area contributed by atoms with E-state index in [1.54, 1.807) is 0 Å². The Kier molecular flexibility index (Phi) is 6.62. The number of benzene rings is 1. The Hall–Kier alpha value is -0.290. The van der Waals surface area contributed by atoms with E-state index < -0.39 is 0 Å². The number of halogens is 1. The number of hydrogen-bond donors (Lipinski definition) is 1. The van der Waals surface area contributed by atoms with Crippen molar-refractivity contribution in [2.75, 3.05) is 12.3 Å². The summed E-state index contributed by atoms with van der Waals surface area (Å²) in [5.74, 6) is 1.06. The first kappa shape index (κ1) is 16.1. The van der Waals surface area contributed by atoms with Crippen LogP contribution in [-0.4, -0.2) is 12.3 Å². The maximum absolute atomic E-state index is 3.68. The van der Waals surface area contributed by atoms with Crippen molar-refractivity contribution in [3.8, 4) is 0 Å². The lowest BCUT2D eigenvalue weighted by atomic mass is 10.2. The zero-order chi connectivity index (χ0) is 14.4. The van der Waals surface area contributed by atoms with Crippen molar-refractivity contribution in [3.63, 3.8) is 0 Å². The van der Waals surface area contributed by atoms with E-state index in [2.05, 4.69) is 70.8 Å². The summed E-state index contributed by atoms with van der Waals surface area (Å²) in [5, 5.41) is 5.87. The average Bonchev–Trinajstić information content (AvgIpc) is 2.87.